The van der Waals surface area contributed by atoms with Crippen LogP contribution in [0, 0.1) is 12.8 Å². The van der Waals surface area contributed by atoms with Crippen LogP contribution in [0.1, 0.15) is 46.0 Å². The van der Waals surface area contributed by atoms with E-state index in [-0.39, 0.29) is 29.0 Å². The summed E-state index contributed by atoms with van der Waals surface area (Å²) in [5.74, 6) is -1.95. The molecule has 1 fully saturated rings. The average Bonchev–Trinajstić information content (AvgIpc) is 2.74. The summed E-state index contributed by atoms with van der Waals surface area (Å²) in [6.07, 6.45) is 1.57. The number of carboxylic acids is 1. The first-order valence-electron chi connectivity index (χ1n) is 10.1. The first kappa shape index (κ1) is 21.4. The van der Waals surface area contributed by atoms with E-state index in [4.69, 9.17) is 4.74 Å². The zero-order valence-electron chi connectivity index (χ0n) is 17.2. The number of esters is 1. The largest absolute Gasteiger partial charge is 0.478 e. The van der Waals surface area contributed by atoms with E-state index in [1.807, 2.05) is 24.0 Å². The molecule has 2 aromatic carbocycles. The van der Waals surface area contributed by atoms with E-state index in [9.17, 15) is 19.5 Å². The van der Waals surface area contributed by atoms with Gasteiger partial charge in [-0.25, -0.2) is 4.79 Å². The lowest BCUT2D eigenvalue weighted by Crippen LogP contribution is -2.39. The zero-order chi connectivity index (χ0) is 21.7. The molecule has 30 heavy (non-hydrogen) atoms. The number of anilines is 2. The minimum Gasteiger partial charge on any atom is -0.478 e. The molecular weight excluding hydrogens is 384 g/mol. The van der Waals surface area contributed by atoms with Gasteiger partial charge in [-0.1, -0.05) is 17.7 Å². The quantitative estimate of drug-likeness (QED) is 0.705. The van der Waals surface area contributed by atoms with Crippen molar-refractivity contribution in [1.82, 2.24) is 0 Å². The summed E-state index contributed by atoms with van der Waals surface area (Å²) in [5, 5.41) is 12.4. The molecule has 2 aromatic rings. The minimum absolute atomic E-state index is 0.00576. The molecule has 158 valence electrons. The summed E-state index contributed by atoms with van der Waals surface area (Å²) in [4.78, 5) is 38.4. The monoisotopic (exact) mass is 410 g/mol. The molecular formula is C23H26N2O5. The highest BCUT2D eigenvalue weighted by molar-refractivity contribution is 6.08. The summed E-state index contributed by atoms with van der Waals surface area (Å²) in [6, 6.07) is 12.0. The number of piperidine rings is 1. The van der Waals surface area contributed by atoms with Gasteiger partial charge in [0.1, 0.15) is 0 Å². The molecule has 1 aliphatic heterocycles. The number of nitrogens with zero attached hydrogens (tertiary/aromatic N) is 1. The third-order valence-electron chi connectivity index (χ3n) is 5.20. The van der Waals surface area contributed by atoms with Gasteiger partial charge in [-0.05, 0) is 57.0 Å². The molecule has 1 aliphatic rings. The molecule has 2 N–H and O–H groups in total. The van der Waals surface area contributed by atoms with Gasteiger partial charge in [0, 0.05) is 24.3 Å². The Morgan fingerprint density at radius 3 is 2.57 bits per heavy atom. The van der Waals surface area contributed by atoms with E-state index in [1.165, 1.54) is 0 Å². The fourth-order valence-corrected chi connectivity index (χ4v) is 3.58. The minimum atomic E-state index is -1.13. The SMILES string of the molecule is CCOC(=O)[C@@H]1CCCN(c2ccc(NC(=O)c3ccc(C)cc3)c(C(=O)O)c2)C1. The maximum atomic E-state index is 12.5. The van der Waals surface area contributed by atoms with Gasteiger partial charge in [0.05, 0.1) is 23.8 Å². The number of benzene rings is 2. The van der Waals surface area contributed by atoms with Crippen molar-refractivity contribution in [2.45, 2.75) is 26.7 Å². The van der Waals surface area contributed by atoms with Crippen molar-refractivity contribution in [1.29, 1.82) is 0 Å². The molecule has 3 rings (SSSR count). The van der Waals surface area contributed by atoms with Gasteiger partial charge in [-0.15, -0.1) is 0 Å². The number of carbonyl (C=O) groups excluding carboxylic acids is 2. The maximum absolute atomic E-state index is 12.5. The average molecular weight is 410 g/mol. The Kier molecular flexibility index (Phi) is 6.72. The smallest absolute Gasteiger partial charge is 0.337 e. The van der Waals surface area contributed by atoms with E-state index < -0.39 is 5.97 Å². The second-order valence-electron chi connectivity index (χ2n) is 7.39. The van der Waals surface area contributed by atoms with Gasteiger partial charge in [0.2, 0.25) is 0 Å². The number of aromatic carboxylic acids is 1. The Morgan fingerprint density at radius 2 is 1.90 bits per heavy atom. The highest BCUT2D eigenvalue weighted by Gasteiger charge is 2.27. The van der Waals surface area contributed by atoms with Crippen LogP contribution in [0.5, 0.6) is 0 Å². The molecule has 0 spiro atoms. The molecule has 0 unspecified atom stereocenters. The number of nitrogens with one attached hydrogen (secondary N) is 1. The zero-order valence-corrected chi connectivity index (χ0v) is 17.2. The Labute approximate surface area is 175 Å². The van der Waals surface area contributed by atoms with Gasteiger partial charge >= 0.3 is 11.9 Å². The Morgan fingerprint density at radius 1 is 1.17 bits per heavy atom. The van der Waals surface area contributed by atoms with E-state index in [0.717, 1.165) is 24.9 Å². The van der Waals surface area contributed by atoms with Crippen molar-refractivity contribution < 1.29 is 24.2 Å². The molecule has 1 saturated heterocycles. The van der Waals surface area contributed by atoms with E-state index >= 15 is 0 Å². The summed E-state index contributed by atoms with van der Waals surface area (Å²) < 4.78 is 5.13. The van der Waals surface area contributed by atoms with Crippen molar-refractivity contribution in [3.8, 4) is 0 Å². The van der Waals surface area contributed by atoms with E-state index in [2.05, 4.69) is 5.32 Å². The first-order chi connectivity index (χ1) is 14.4. The number of rotatable bonds is 6. The summed E-state index contributed by atoms with van der Waals surface area (Å²) >= 11 is 0. The molecule has 7 nitrogen and oxygen atoms in total. The fraction of sp³-hybridized carbons (Fsp3) is 0.348. The summed E-state index contributed by atoms with van der Waals surface area (Å²) in [5.41, 5.74) is 2.43. The van der Waals surface area contributed by atoms with Crippen molar-refractivity contribution in [2.24, 2.45) is 5.92 Å². The van der Waals surface area contributed by atoms with Crippen LogP contribution in [0.15, 0.2) is 42.5 Å². The van der Waals surface area contributed by atoms with Crippen molar-refractivity contribution in [3.63, 3.8) is 0 Å². The van der Waals surface area contributed by atoms with Crippen molar-refractivity contribution in [3.05, 3.63) is 59.2 Å². The summed E-state index contributed by atoms with van der Waals surface area (Å²) in [7, 11) is 0. The lowest BCUT2D eigenvalue weighted by atomic mass is 9.97. The van der Waals surface area contributed by atoms with Crippen LogP contribution >= 0.6 is 0 Å². The predicted octanol–water partition coefficient (Wildman–Crippen LogP) is 3.73. The highest BCUT2D eigenvalue weighted by Crippen LogP contribution is 2.28. The normalized spacial score (nSPS) is 16.1. The molecule has 0 aliphatic carbocycles. The number of carboxylic acid groups (broad SMARTS) is 1. The third kappa shape index (κ3) is 4.97. The van der Waals surface area contributed by atoms with Gasteiger partial charge in [-0.2, -0.15) is 0 Å². The number of aryl methyl sites for hydroxylation is 1. The van der Waals surface area contributed by atoms with Crippen LogP contribution in [0.2, 0.25) is 0 Å². The van der Waals surface area contributed by atoms with Gasteiger partial charge in [0.15, 0.2) is 0 Å². The lowest BCUT2D eigenvalue weighted by molar-refractivity contribution is -0.148. The molecule has 0 aromatic heterocycles. The Hall–Kier alpha value is -3.35. The number of ether oxygens (including phenoxy) is 1. The van der Waals surface area contributed by atoms with Gasteiger partial charge in [0.25, 0.3) is 5.91 Å². The number of amides is 1. The van der Waals surface area contributed by atoms with Crippen LogP contribution in [-0.4, -0.2) is 42.6 Å². The predicted molar refractivity (Wildman–Crippen MR) is 114 cm³/mol. The topological polar surface area (TPSA) is 95.9 Å². The van der Waals surface area contributed by atoms with Crippen LogP contribution < -0.4 is 10.2 Å². The van der Waals surface area contributed by atoms with E-state index in [0.29, 0.717) is 24.4 Å². The molecule has 1 amide bonds. The van der Waals surface area contributed by atoms with Crippen LogP contribution in [0.25, 0.3) is 0 Å². The Balaban J connectivity index is 1.79. The van der Waals surface area contributed by atoms with Crippen molar-refractivity contribution >= 4 is 29.2 Å². The van der Waals surface area contributed by atoms with E-state index in [1.54, 1.807) is 37.3 Å². The van der Waals surface area contributed by atoms with Crippen LogP contribution in [-0.2, 0) is 9.53 Å². The maximum Gasteiger partial charge on any atom is 0.337 e. The number of hydrogen-bond acceptors (Lipinski definition) is 5. The lowest BCUT2D eigenvalue weighted by Gasteiger charge is -2.33. The molecule has 0 radical (unpaired) electrons. The number of carbonyl (C=O) groups is 3. The Bertz CT molecular complexity index is 939. The molecule has 1 atom stereocenters. The summed E-state index contributed by atoms with van der Waals surface area (Å²) in [6.45, 7) is 5.25. The second kappa shape index (κ2) is 9.43. The van der Waals surface area contributed by atoms with Gasteiger partial charge in [-0.3, -0.25) is 9.59 Å². The third-order valence-corrected chi connectivity index (χ3v) is 5.20. The number of hydrogen-bond donors (Lipinski definition) is 2. The second-order valence-corrected chi connectivity index (χ2v) is 7.39. The molecule has 0 saturated carbocycles. The molecule has 7 heteroatoms. The van der Waals surface area contributed by atoms with Crippen molar-refractivity contribution in [2.75, 3.05) is 29.9 Å². The van der Waals surface area contributed by atoms with Gasteiger partial charge < -0.3 is 20.1 Å². The fourth-order valence-electron chi connectivity index (χ4n) is 3.58. The first-order valence-corrected chi connectivity index (χ1v) is 10.1. The van der Waals surface area contributed by atoms with Crippen LogP contribution in [0.3, 0.4) is 0 Å². The van der Waals surface area contributed by atoms with Crippen LogP contribution in [0.4, 0.5) is 11.4 Å². The molecule has 0 bridgehead atoms. The highest BCUT2D eigenvalue weighted by atomic mass is 16.5. The standard InChI is InChI=1S/C23H26N2O5/c1-3-30-23(29)17-5-4-12-25(14-17)18-10-11-20(19(13-18)22(27)28)24-21(26)16-8-6-15(2)7-9-16/h6-11,13,17H,3-5,12,14H2,1-2H3,(H,24,26)(H,27,28)/t17-/m1/s1. The molecule has 1 heterocycles.